The van der Waals surface area contributed by atoms with Gasteiger partial charge in [-0.2, -0.15) is 10.2 Å². The molecule has 0 bridgehead atoms. The van der Waals surface area contributed by atoms with Crippen LogP contribution in [-0.4, -0.2) is 28.2 Å². The van der Waals surface area contributed by atoms with Crippen LogP contribution in [0.15, 0.2) is 59.8 Å². The summed E-state index contributed by atoms with van der Waals surface area (Å²) < 4.78 is 29.9. The Labute approximate surface area is 173 Å². The molecular formula is C20H20ClN5O2S. The SMILES string of the molecule is CC(C)(C)c1ccc(S(=O)(=O)Nc2ccc(Cl)c3cc(-c4cn[nH]c4)nn23)cc1. The zero-order valence-electron chi connectivity index (χ0n) is 16.1. The second-order valence-corrected chi connectivity index (χ2v) is 9.85. The molecule has 4 rings (SSSR count). The lowest BCUT2D eigenvalue weighted by molar-refractivity contribution is 0.587. The molecule has 0 spiro atoms. The van der Waals surface area contributed by atoms with Crippen LogP contribution in [0.4, 0.5) is 5.82 Å². The number of H-pyrrole nitrogens is 1. The molecule has 1 aromatic carbocycles. The van der Waals surface area contributed by atoms with Gasteiger partial charge in [0.05, 0.1) is 27.3 Å². The molecule has 150 valence electrons. The van der Waals surface area contributed by atoms with Gasteiger partial charge in [0.25, 0.3) is 10.0 Å². The Morgan fingerprint density at radius 3 is 2.45 bits per heavy atom. The second kappa shape index (κ2) is 6.89. The maximum atomic E-state index is 12.9. The molecular weight excluding hydrogens is 410 g/mol. The van der Waals surface area contributed by atoms with Gasteiger partial charge in [0, 0.05) is 11.8 Å². The van der Waals surface area contributed by atoms with Crippen molar-refractivity contribution >= 4 is 33.0 Å². The summed E-state index contributed by atoms with van der Waals surface area (Å²) in [6.07, 6.45) is 3.34. The van der Waals surface area contributed by atoms with Crippen LogP contribution in [0.5, 0.6) is 0 Å². The van der Waals surface area contributed by atoms with Gasteiger partial charge in [-0.1, -0.05) is 44.5 Å². The summed E-state index contributed by atoms with van der Waals surface area (Å²) in [5, 5.41) is 11.6. The van der Waals surface area contributed by atoms with E-state index in [4.69, 9.17) is 11.6 Å². The maximum absolute atomic E-state index is 12.9. The first-order valence-corrected chi connectivity index (χ1v) is 10.8. The number of hydrogen-bond acceptors (Lipinski definition) is 4. The third-order valence-electron chi connectivity index (χ3n) is 4.63. The van der Waals surface area contributed by atoms with Gasteiger partial charge < -0.3 is 0 Å². The van der Waals surface area contributed by atoms with Crippen molar-refractivity contribution in [3.8, 4) is 11.3 Å². The molecule has 3 heterocycles. The molecule has 0 fully saturated rings. The molecule has 0 unspecified atom stereocenters. The van der Waals surface area contributed by atoms with E-state index in [-0.39, 0.29) is 10.3 Å². The Hall–Kier alpha value is -2.84. The summed E-state index contributed by atoms with van der Waals surface area (Å²) in [7, 11) is -3.80. The smallest absolute Gasteiger partial charge is 0.263 e. The Morgan fingerprint density at radius 1 is 1.10 bits per heavy atom. The minimum absolute atomic E-state index is 0.0589. The lowest BCUT2D eigenvalue weighted by Gasteiger charge is -2.19. The molecule has 3 aromatic heterocycles. The molecule has 0 aliphatic heterocycles. The molecule has 2 N–H and O–H groups in total. The Morgan fingerprint density at radius 2 is 1.83 bits per heavy atom. The fourth-order valence-electron chi connectivity index (χ4n) is 2.98. The summed E-state index contributed by atoms with van der Waals surface area (Å²) in [5.41, 5.74) is 2.99. The molecule has 29 heavy (non-hydrogen) atoms. The number of nitrogens with zero attached hydrogens (tertiary/aromatic N) is 3. The van der Waals surface area contributed by atoms with Crippen molar-refractivity contribution in [3.05, 3.63) is 65.4 Å². The van der Waals surface area contributed by atoms with Crippen LogP contribution in [0.1, 0.15) is 26.3 Å². The summed E-state index contributed by atoms with van der Waals surface area (Å²) in [6, 6.07) is 11.9. The number of benzene rings is 1. The number of aromatic nitrogens is 4. The lowest BCUT2D eigenvalue weighted by Crippen LogP contribution is -2.16. The predicted octanol–water partition coefficient (Wildman–Crippen LogP) is 4.48. The molecule has 0 saturated heterocycles. The summed E-state index contributed by atoms with van der Waals surface area (Å²) >= 11 is 6.29. The fourth-order valence-corrected chi connectivity index (χ4v) is 4.22. The minimum atomic E-state index is -3.80. The molecule has 0 aliphatic carbocycles. The van der Waals surface area contributed by atoms with Crippen molar-refractivity contribution in [2.24, 2.45) is 0 Å². The van der Waals surface area contributed by atoms with E-state index in [1.807, 2.05) is 12.1 Å². The molecule has 4 aromatic rings. The van der Waals surface area contributed by atoms with Crippen molar-refractivity contribution in [2.75, 3.05) is 4.72 Å². The van der Waals surface area contributed by atoms with E-state index in [0.29, 0.717) is 22.1 Å². The van der Waals surface area contributed by atoms with Crippen molar-refractivity contribution in [3.63, 3.8) is 0 Å². The molecule has 9 heteroatoms. The van der Waals surface area contributed by atoms with Crippen molar-refractivity contribution < 1.29 is 8.42 Å². The number of hydrogen-bond donors (Lipinski definition) is 2. The first kappa shape index (κ1) is 19.5. The standard InChI is InChI=1S/C20H20ClN5O2S/c1-20(2,3)14-4-6-15(7-5-14)29(27,28)25-19-9-8-16(21)18-10-17(24-26(18)19)13-11-22-23-12-13/h4-12,25H,1-3H3,(H,22,23). The normalized spacial score (nSPS) is 12.4. The number of anilines is 1. The van der Waals surface area contributed by atoms with Crippen molar-refractivity contribution in [1.29, 1.82) is 0 Å². The average molecular weight is 430 g/mol. The van der Waals surface area contributed by atoms with E-state index in [1.54, 1.807) is 42.7 Å². The Bertz CT molecular complexity index is 1270. The highest BCUT2D eigenvalue weighted by molar-refractivity contribution is 7.92. The van der Waals surface area contributed by atoms with Gasteiger partial charge in [-0.15, -0.1) is 0 Å². The zero-order valence-corrected chi connectivity index (χ0v) is 17.7. The summed E-state index contributed by atoms with van der Waals surface area (Å²) in [4.78, 5) is 0.177. The van der Waals surface area contributed by atoms with E-state index in [9.17, 15) is 8.42 Å². The van der Waals surface area contributed by atoms with Crippen LogP contribution in [0.25, 0.3) is 16.8 Å². The van der Waals surface area contributed by atoms with E-state index in [2.05, 4.69) is 40.8 Å². The summed E-state index contributed by atoms with van der Waals surface area (Å²) in [5.74, 6) is 0.291. The van der Waals surface area contributed by atoms with Gasteiger partial charge >= 0.3 is 0 Å². The lowest BCUT2D eigenvalue weighted by atomic mass is 9.87. The quantitative estimate of drug-likeness (QED) is 0.500. The van der Waals surface area contributed by atoms with Gasteiger partial charge in [0.15, 0.2) is 0 Å². The fraction of sp³-hybridized carbons (Fsp3) is 0.200. The van der Waals surface area contributed by atoms with Gasteiger partial charge in [-0.3, -0.25) is 9.82 Å². The third kappa shape index (κ3) is 3.73. The predicted molar refractivity (Wildman–Crippen MR) is 114 cm³/mol. The summed E-state index contributed by atoms with van der Waals surface area (Å²) in [6.45, 7) is 6.23. The van der Waals surface area contributed by atoms with E-state index in [1.165, 1.54) is 4.52 Å². The van der Waals surface area contributed by atoms with E-state index >= 15 is 0 Å². The molecule has 0 aliphatic rings. The van der Waals surface area contributed by atoms with Crippen LogP contribution in [0, 0.1) is 0 Å². The highest BCUT2D eigenvalue weighted by Gasteiger charge is 2.20. The van der Waals surface area contributed by atoms with Gasteiger partial charge in [-0.05, 0) is 41.3 Å². The highest BCUT2D eigenvalue weighted by Crippen LogP contribution is 2.28. The van der Waals surface area contributed by atoms with Crippen LogP contribution in [0.3, 0.4) is 0 Å². The first-order valence-electron chi connectivity index (χ1n) is 8.96. The molecule has 7 nitrogen and oxygen atoms in total. The topological polar surface area (TPSA) is 92.1 Å². The number of nitrogens with one attached hydrogen (secondary N) is 2. The van der Waals surface area contributed by atoms with E-state index in [0.717, 1.165) is 11.1 Å². The first-order chi connectivity index (χ1) is 13.6. The highest BCUT2D eigenvalue weighted by atomic mass is 35.5. The number of halogens is 1. The molecule has 0 atom stereocenters. The van der Waals surface area contributed by atoms with Crippen molar-refractivity contribution in [2.45, 2.75) is 31.1 Å². The van der Waals surface area contributed by atoms with E-state index < -0.39 is 10.0 Å². The number of fused-ring (bicyclic) bond motifs is 1. The zero-order chi connectivity index (χ0) is 20.8. The van der Waals surface area contributed by atoms with Gasteiger partial charge in [0.1, 0.15) is 5.82 Å². The van der Waals surface area contributed by atoms with Crippen LogP contribution in [0.2, 0.25) is 5.02 Å². The van der Waals surface area contributed by atoms with Crippen LogP contribution >= 0.6 is 11.6 Å². The minimum Gasteiger partial charge on any atom is -0.285 e. The second-order valence-electron chi connectivity index (χ2n) is 7.76. The largest absolute Gasteiger partial charge is 0.285 e. The molecule has 0 amide bonds. The number of pyridine rings is 1. The maximum Gasteiger partial charge on any atom is 0.263 e. The molecule has 0 radical (unpaired) electrons. The van der Waals surface area contributed by atoms with Crippen molar-refractivity contribution in [1.82, 2.24) is 19.8 Å². The Balaban J connectivity index is 1.72. The Kier molecular flexibility index (Phi) is 4.63. The monoisotopic (exact) mass is 429 g/mol. The van der Waals surface area contributed by atoms with Crippen LogP contribution in [-0.2, 0) is 15.4 Å². The number of rotatable bonds is 4. The molecule has 0 saturated carbocycles. The third-order valence-corrected chi connectivity index (χ3v) is 6.32. The van der Waals surface area contributed by atoms with Crippen LogP contribution < -0.4 is 4.72 Å². The van der Waals surface area contributed by atoms with Gasteiger partial charge in [0.2, 0.25) is 0 Å². The average Bonchev–Trinajstić information content (AvgIpc) is 3.33. The van der Waals surface area contributed by atoms with Gasteiger partial charge in [-0.25, -0.2) is 12.9 Å². The number of aromatic amines is 1. The number of sulfonamides is 1.